The number of hydrogen-bond donors (Lipinski definition) is 4. The average molecular weight is 534 g/mol. The van der Waals surface area contributed by atoms with Gasteiger partial charge < -0.3 is 26.7 Å². The maximum absolute atomic E-state index is 12.8. The van der Waals surface area contributed by atoms with Crippen LogP contribution in [0.25, 0.3) is 0 Å². The Kier molecular flexibility index (Phi) is 10.3. The lowest BCUT2D eigenvalue weighted by molar-refractivity contribution is -0.150. The number of hydrogen-bond acceptors (Lipinski definition) is 10. The number of nitrogens with zero attached hydrogens (tertiary/aromatic N) is 3. The lowest BCUT2D eigenvalue weighted by Crippen LogP contribution is -2.71. The summed E-state index contributed by atoms with van der Waals surface area (Å²) >= 11 is 8.31. The number of nitrogens with one attached hydrogen (secondary N) is 1. The number of carbonyl (C=O) groups excluding carboxylic acids is 2. The van der Waals surface area contributed by atoms with Crippen LogP contribution in [-0.4, -0.2) is 68.8 Å². The molecule has 0 saturated carbocycles. The summed E-state index contributed by atoms with van der Waals surface area (Å²) in [6.07, 6.45) is 0.539. The van der Waals surface area contributed by atoms with Gasteiger partial charge in [0.2, 0.25) is 0 Å². The van der Waals surface area contributed by atoms with Gasteiger partial charge in [-0.25, -0.2) is 9.78 Å². The minimum absolute atomic E-state index is 0. The molecule has 1 saturated heterocycles. The Bertz CT molecular complexity index is 911. The molecule has 0 bridgehead atoms. The van der Waals surface area contributed by atoms with Crippen LogP contribution < -0.4 is 16.8 Å². The molecule has 0 spiro atoms. The predicted molar refractivity (Wildman–Crippen MR) is 123 cm³/mol. The zero-order valence-electron chi connectivity index (χ0n) is 15.6. The van der Waals surface area contributed by atoms with E-state index >= 15 is 0 Å². The molecule has 2 atom stereocenters. The number of nitrogen functional groups attached to an aromatic ring is 1. The number of anilines is 1. The standard InChI is InChI=1S/C15H17ClN6O5S2.2ClH/c16-6-4-28-13-9(12(24)22(13)10(6)14(25)26)20-11(23)8(21-27-3-1-2-17)7-5-29-15(18)19-7;;/h5,9,13H,1-4,17H2,(H2,18,19)(H,20,23)(H,25,26);2*1H/b21-8-;;/t9?,13-;;/m1../s1. The van der Waals surface area contributed by atoms with Crippen LogP contribution in [0.1, 0.15) is 12.1 Å². The fourth-order valence-corrected chi connectivity index (χ4v) is 4.75. The van der Waals surface area contributed by atoms with E-state index in [1.807, 2.05) is 0 Å². The van der Waals surface area contributed by atoms with Crippen molar-refractivity contribution in [3.05, 3.63) is 21.8 Å². The molecule has 0 radical (unpaired) electrons. The summed E-state index contributed by atoms with van der Waals surface area (Å²) in [5.74, 6) is -2.35. The molecule has 1 fully saturated rings. The van der Waals surface area contributed by atoms with Gasteiger partial charge in [0.05, 0.1) is 5.03 Å². The monoisotopic (exact) mass is 532 g/mol. The Labute approximate surface area is 202 Å². The summed E-state index contributed by atoms with van der Waals surface area (Å²) < 4.78 is 0. The molecule has 1 unspecified atom stereocenters. The number of nitrogens with two attached hydrogens (primary N) is 2. The Morgan fingerprint density at radius 1 is 1.45 bits per heavy atom. The maximum atomic E-state index is 12.8. The molecule has 11 nitrogen and oxygen atoms in total. The first kappa shape index (κ1) is 27.3. The number of carbonyl (C=O) groups is 3. The molecule has 2 aliphatic rings. The molecule has 31 heavy (non-hydrogen) atoms. The maximum Gasteiger partial charge on any atom is 0.353 e. The van der Waals surface area contributed by atoms with E-state index < -0.39 is 29.2 Å². The number of aromatic nitrogens is 1. The van der Waals surface area contributed by atoms with Gasteiger partial charge in [-0.2, -0.15) is 0 Å². The van der Waals surface area contributed by atoms with Crippen molar-refractivity contribution in [2.75, 3.05) is 24.6 Å². The lowest BCUT2D eigenvalue weighted by Gasteiger charge is -2.48. The molecule has 0 aromatic carbocycles. The molecule has 6 N–H and O–H groups in total. The minimum atomic E-state index is -1.30. The van der Waals surface area contributed by atoms with Crippen molar-refractivity contribution in [2.45, 2.75) is 17.8 Å². The molecule has 1 aromatic heterocycles. The third-order valence-electron chi connectivity index (χ3n) is 3.99. The fourth-order valence-electron chi connectivity index (χ4n) is 2.65. The Hall–Kier alpha value is -1.77. The van der Waals surface area contributed by atoms with Crippen molar-refractivity contribution in [2.24, 2.45) is 10.9 Å². The second-order valence-corrected chi connectivity index (χ2v) is 8.36. The number of thiazole rings is 1. The molecule has 172 valence electrons. The molecule has 16 heteroatoms. The second kappa shape index (κ2) is 11.7. The van der Waals surface area contributed by atoms with E-state index in [4.69, 9.17) is 27.9 Å². The van der Waals surface area contributed by atoms with E-state index in [1.165, 1.54) is 17.1 Å². The second-order valence-electron chi connectivity index (χ2n) is 5.91. The topological polar surface area (TPSA) is 173 Å². The smallest absolute Gasteiger partial charge is 0.353 e. The van der Waals surface area contributed by atoms with Gasteiger partial charge in [0.1, 0.15) is 29.4 Å². The summed E-state index contributed by atoms with van der Waals surface area (Å²) in [6, 6.07) is -0.933. The first-order valence-electron chi connectivity index (χ1n) is 8.34. The van der Waals surface area contributed by atoms with Gasteiger partial charge in [0.25, 0.3) is 11.8 Å². The van der Waals surface area contributed by atoms with E-state index in [-0.39, 0.29) is 64.4 Å². The fraction of sp³-hybridized carbons (Fsp3) is 0.400. The van der Waals surface area contributed by atoms with Crippen molar-refractivity contribution in [3.8, 4) is 0 Å². The van der Waals surface area contributed by atoms with Gasteiger partial charge in [-0.05, 0) is 13.0 Å². The van der Waals surface area contributed by atoms with Gasteiger partial charge in [-0.15, -0.1) is 47.9 Å². The van der Waals surface area contributed by atoms with Gasteiger partial charge in [0, 0.05) is 11.1 Å². The number of β-lactam (4-membered cyclic amide) rings is 1. The molecule has 3 rings (SSSR count). The number of carboxylic acids is 1. The number of carboxylic acid groups (broad SMARTS) is 1. The first-order chi connectivity index (χ1) is 13.8. The summed E-state index contributed by atoms with van der Waals surface area (Å²) in [5.41, 5.74) is 10.8. The number of fused-ring (bicyclic) bond motifs is 1. The summed E-state index contributed by atoms with van der Waals surface area (Å²) in [4.78, 5) is 46.9. The quantitative estimate of drug-likeness (QED) is 0.161. The largest absolute Gasteiger partial charge is 0.477 e. The number of rotatable bonds is 8. The summed E-state index contributed by atoms with van der Waals surface area (Å²) in [5, 5.41) is 17.0. The minimum Gasteiger partial charge on any atom is -0.477 e. The highest BCUT2D eigenvalue weighted by Crippen LogP contribution is 2.41. The van der Waals surface area contributed by atoms with Crippen molar-refractivity contribution >= 4 is 88.1 Å². The molecule has 2 aliphatic heterocycles. The third kappa shape index (κ3) is 5.73. The zero-order chi connectivity index (χ0) is 21.1. The number of halogens is 3. The van der Waals surface area contributed by atoms with Crippen molar-refractivity contribution in [1.82, 2.24) is 15.2 Å². The first-order valence-corrected chi connectivity index (χ1v) is 10.6. The van der Waals surface area contributed by atoms with Crippen LogP contribution in [0, 0.1) is 0 Å². The van der Waals surface area contributed by atoms with E-state index in [0.29, 0.717) is 13.0 Å². The highest BCUT2D eigenvalue weighted by Gasteiger charge is 2.54. The molecule has 2 amide bonds. The van der Waals surface area contributed by atoms with Crippen LogP contribution in [-0.2, 0) is 19.2 Å². The van der Waals surface area contributed by atoms with Crippen LogP contribution >= 0.6 is 59.5 Å². The number of aliphatic carboxylic acids is 1. The molecule has 3 heterocycles. The van der Waals surface area contributed by atoms with Crippen LogP contribution in [0.3, 0.4) is 0 Å². The Morgan fingerprint density at radius 2 is 2.16 bits per heavy atom. The van der Waals surface area contributed by atoms with Gasteiger partial charge >= 0.3 is 5.97 Å². The molecule has 1 aromatic rings. The van der Waals surface area contributed by atoms with E-state index in [0.717, 1.165) is 16.2 Å². The summed E-state index contributed by atoms with van der Waals surface area (Å²) in [7, 11) is 0. The highest BCUT2D eigenvalue weighted by molar-refractivity contribution is 8.00. The molecule has 0 aliphatic carbocycles. The van der Waals surface area contributed by atoms with Gasteiger partial charge in [0.15, 0.2) is 10.8 Å². The molecular formula is C15H19Cl3N6O5S2. The van der Waals surface area contributed by atoms with Crippen molar-refractivity contribution in [3.63, 3.8) is 0 Å². The zero-order valence-corrected chi connectivity index (χ0v) is 19.7. The highest BCUT2D eigenvalue weighted by atomic mass is 35.5. The van der Waals surface area contributed by atoms with E-state index in [2.05, 4.69) is 15.5 Å². The number of thioether (sulfide) groups is 1. The number of amides is 2. The van der Waals surface area contributed by atoms with Crippen LogP contribution in [0.5, 0.6) is 0 Å². The van der Waals surface area contributed by atoms with Crippen LogP contribution in [0.4, 0.5) is 5.13 Å². The van der Waals surface area contributed by atoms with Crippen LogP contribution in [0.15, 0.2) is 21.3 Å². The Morgan fingerprint density at radius 3 is 2.74 bits per heavy atom. The Balaban J connectivity index is 0.00000240. The summed E-state index contributed by atoms with van der Waals surface area (Å²) in [6.45, 7) is 0.598. The van der Waals surface area contributed by atoms with Crippen LogP contribution in [0.2, 0.25) is 0 Å². The van der Waals surface area contributed by atoms with E-state index in [1.54, 1.807) is 0 Å². The van der Waals surface area contributed by atoms with Gasteiger partial charge in [-0.3, -0.25) is 14.5 Å². The number of oxime groups is 1. The predicted octanol–water partition coefficient (Wildman–Crippen LogP) is 0.573. The normalized spacial score (nSPS) is 20.1. The average Bonchev–Trinajstić information content (AvgIpc) is 3.11. The van der Waals surface area contributed by atoms with Gasteiger partial charge in [-0.1, -0.05) is 16.8 Å². The van der Waals surface area contributed by atoms with E-state index in [9.17, 15) is 19.5 Å². The SMILES string of the molecule is Cl.Cl.NCCCO/N=C(\C(=O)NC1C(=O)N2C(C(=O)O)=C(Cl)CS[C@H]12)c1csc(N)n1. The van der Waals surface area contributed by atoms with Crippen molar-refractivity contribution < 1.29 is 24.3 Å². The third-order valence-corrected chi connectivity index (χ3v) is 6.41. The van der Waals surface area contributed by atoms with Crippen molar-refractivity contribution in [1.29, 1.82) is 0 Å². The molecular weight excluding hydrogens is 515 g/mol. The lowest BCUT2D eigenvalue weighted by atomic mass is 10.0.